The zero-order valence-electron chi connectivity index (χ0n) is 9.21. The lowest BCUT2D eigenvalue weighted by Crippen LogP contribution is -2.47. The largest absolute Gasteiger partial charge is 0.480 e. The van der Waals surface area contributed by atoms with Crippen molar-refractivity contribution in [3.05, 3.63) is 11.8 Å². The number of rotatable bonds is 3. The van der Waals surface area contributed by atoms with Crippen molar-refractivity contribution < 1.29 is 9.90 Å². The SMILES string of the molecule is CN(C1=CCCCC1)C(C)(C)C(=O)O. The Morgan fingerprint density at radius 3 is 2.57 bits per heavy atom. The van der Waals surface area contributed by atoms with E-state index in [-0.39, 0.29) is 0 Å². The molecular formula is C11H19NO2. The summed E-state index contributed by atoms with van der Waals surface area (Å²) in [5.41, 5.74) is 0.368. The Morgan fingerprint density at radius 1 is 1.50 bits per heavy atom. The highest BCUT2D eigenvalue weighted by Crippen LogP contribution is 2.25. The average Bonchev–Trinajstić information content (AvgIpc) is 2.17. The maximum Gasteiger partial charge on any atom is 0.328 e. The number of hydrogen-bond donors (Lipinski definition) is 1. The van der Waals surface area contributed by atoms with Crippen LogP contribution >= 0.6 is 0 Å². The monoisotopic (exact) mass is 197 g/mol. The lowest BCUT2D eigenvalue weighted by molar-refractivity contribution is -0.147. The topological polar surface area (TPSA) is 40.5 Å². The highest BCUT2D eigenvalue weighted by atomic mass is 16.4. The third kappa shape index (κ3) is 2.08. The van der Waals surface area contributed by atoms with E-state index in [9.17, 15) is 4.79 Å². The Morgan fingerprint density at radius 2 is 2.14 bits per heavy atom. The van der Waals surface area contributed by atoms with Gasteiger partial charge in [0.25, 0.3) is 0 Å². The van der Waals surface area contributed by atoms with Crippen molar-refractivity contribution in [2.24, 2.45) is 0 Å². The molecule has 1 N–H and O–H groups in total. The number of nitrogens with zero attached hydrogens (tertiary/aromatic N) is 1. The van der Waals surface area contributed by atoms with Gasteiger partial charge in [-0.15, -0.1) is 0 Å². The maximum atomic E-state index is 11.0. The fourth-order valence-corrected chi connectivity index (χ4v) is 1.63. The zero-order valence-corrected chi connectivity index (χ0v) is 9.21. The molecule has 0 heterocycles. The van der Waals surface area contributed by atoms with Gasteiger partial charge in [0.2, 0.25) is 0 Å². The van der Waals surface area contributed by atoms with Gasteiger partial charge in [-0.25, -0.2) is 4.79 Å². The second-order valence-corrected chi connectivity index (χ2v) is 4.36. The molecule has 0 aliphatic heterocycles. The van der Waals surface area contributed by atoms with Gasteiger partial charge in [0.05, 0.1) is 0 Å². The number of aliphatic carboxylic acids is 1. The van der Waals surface area contributed by atoms with E-state index in [1.165, 1.54) is 18.5 Å². The number of carbonyl (C=O) groups is 1. The summed E-state index contributed by atoms with van der Waals surface area (Å²) in [5.74, 6) is -0.772. The van der Waals surface area contributed by atoms with Crippen LogP contribution in [0.3, 0.4) is 0 Å². The minimum Gasteiger partial charge on any atom is -0.480 e. The molecular weight excluding hydrogens is 178 g/mol. The predicted molar refractivity (Wildman–Crippen MR) is 56.0 cm³/mol. The van der Waals surface area contributed by atoms with E-state index >= 15 is 0 Å². The van der Waals surface area contributed by atoms with Gasteiger partial charge < -0.3 is 10.0 Å². The molecule has 1 aliphatic carbocycles. The molecule has 1 rings (SSSR count). The van der Waals surface area contributed by atoms with Crippen molar-refractivity contribution in [3.63, 3.8) is 0 Å². The van der Waals surface area contributed by atoms with Gasteiger partial charge in [-0.1, -0.05) is 6.08 Å². The van der Waals surface area contributed by atoms with E-state index in [0.29, 0.717) is 0 Å². The molecule has 0 spiro atoms. The molecule has 0 saturated heterocycles. The Bertz CT molecular complexity index is 256. The van der Waals surface area contributed by atoms with Gasteiger partial charge in [-0.3, -0.25) is 0 Å². The van der Waals surface area contributed by atoms with E-state index in [2.05, 4.69) is 6.08 Å². The van der Waals surface area contributed by atoms with Gasteiger partial charge in [0.1, 0.15) is 5.54 Å². The van der Waals surface area contributed by atoms with Crippen LogP contribution in [-0.4, -0.2) is 28.6 Å². The van der Waals surface area contributed by atoms with Crippen LogP contribution in [0.2, 0.25) is 0 Å². The second kappa shape index (κ2) is 4.03. The van der Waals surface area contributed by atoms with Crippen LogP contribution in [0, 0.1) is 0 Å². The highest BCUT2D eigenvalue weighted by molar-refractivity contribution is 5.77. The van der Waals surface area contributed by atoms with Crippen LogP contribution < -0.4 is 0 Å². The fourth-order valence-electron chi connectivity index (χ4n) is 1.63. The van der Waals surface area contributed by atoms with Gasteiger partial charge in [0.15, 0.2) is 0 Å². The Balaban J connectivity index is 2.77. The first-order valence-corrected chi connectivity index (χ1v) is 5.12. The molecule has 80 valence electrons. The maximum absolute atomic E-state index is 11.0. The molecule has 1 aliphatic rings. The summed E-state index contributed by atoms with van der Waals surface area (Å²) in [6, 6.07) is 0. The summed E-state index contributed by atoms with van der Waals surface area (Å²) in [5, 5.41) is 9.07. The van der Waals surface area contributed by atoms with Gasteiger partial charge in [0, 0.05) is 12.7 Å². The minimum atomic E-state index is -0.802. The van der Waals surface area contributed by atoms with Crippen molar-refractivity contribution in [3.8, 4) is 0 Å². The molecule has 0 aromatic rings. The van der Waals surface area contributed by atoms with E-state index < -0.39 is 11.5 Å². The first-order valence-electron chi connectivity index (χ1n) is 5.12. The number of carboxylic acid groups (broad SMARTS) is 1. The molecule has 0 aromatic heterocycles. The second-order valence-electron chi connectivity index (χ2n) is 4.36. The standard InChI is InChI=1S/C11H19NO2/c1-11(2,10(13)14)12(3)9-7-5-4-6-8-9/h7H,4-6,8H2,1-3H3,(H,13,14). The first-order chi connectivity index (χ1) is 6.46. The smallest absolute Gasteiger partial charge is 0.328 e. The fraction of sp³-hybridized carbons (Fsp3) is 0.727. The first kappa shape index (κ1) is 11.1. The molecule has 0 radical (unpaired) electrons. The van der Waals surface area contributed by atoms with Crippen molar-refractivity contribution in [1.29, 1.82) is 0 Å². The summed E-state index contributed by atoms with van der Waals surface area (Å²) in [6.07, 6.45) is 6.65. The van der Waals surface area contributed by atoms with Crippen LogP contribution in [0.4, 0.5) is 0 Å². The van der Waals surface area contributed by atoms with E-state index in [1.807, 2.05) is 11.9 Å². The molecule has 0 aromatic carbocycles. The third-order valence-electron chi connectivity index (χ3n) is 3.06. The van der Waals surface area contributed by atoms with Crippen LogP contribution in [0.1, 0.15) is 39.5 Å². The molecule has 0 unspecified atom stereocenters. The van der Waals surface area contributed by atoms with Crippen molar-refractivity contribution in [1.82, 2.24) is 4.90 Å². The lowest BCUT2D eigenvalue weighted by atomic mass is 9.98. The summed E-state index contributed by atoms with van der Waals surface area (Å²) >= 11 is 0. The minimum absolute atomic E-state index is 0.772. The molecule has 0 amide bonds. The van der Waals surface area contributed by atoms with E-state index in [0.717, 1.165) is 12.8 Å². The molecule has 3 heteroatoms. The number of hydrogen-bond acceptors (Lipinski definition) is 2. The highest BCUT2D eigenvalue weighted by Gasteiger charge is 2.33. The zero-order chi connectivity index (χ0) is 10.8. The summed E-state index contributed by atoms with van der Waals surface area (Å²) < 4.78 is 0. The molecule has 0 saturated carbocycles. The molecule has 14 heavy (non-hydrogen) atoms. The Kier molecular flexibility index (Phi) is 3.19. The van der Waals surface area contributed by atoms with Gasteiger partial charge >= 0.3 is 5.97 Å². The normalized spacial score (nSPS) is 17.5. The van der Waals surface area contributed by atoms with Crippen molar-refractivity contribution in [2.75, 3.05) is 7.05 Å². The number of allylic oxidation sites excluding steroid dienone is 2. The van der Waals surface area contributed by atoms with Crippen LogP contribution in [0.5, 0.6) is 0 Å². The molecule has 0 atom stereocenters. The molecule has 3 nitrogen and oxygen atoms in total. The Hall–Kier alpha value is -0.990. The van der Waals surface area contributed by atoms with Crippen LogP contribution in [-0.2, 0) is 4.79 Å². The number of carboxylic acids is 1. The predicted octanol–water partition coefficient (Wildman–Crippen LogP) is 2.24. The van der Waals surface area contributed by atoms with Crippen molar-refractivity contribution >= 4 is 5.97 Å². The average molecular weight is 197 g/mol. The van der Waals surface area contributed by atoms with E-state index in [4.69, 9.17) is 5.11 Å². The van der Waals surface area contributed by atoms with Gasteiger partial charge in [-0.2, -0.15) is 0 Å². The third-order valence-corrected chi connectivity index (χ3v) is 3.06. The van der Waals surface area contributed by atoms with Gasteiger partial charge in [-0.05, 0) is 39.5 Å². The lowest BCUT2D eigenvalue weighted by Gasteiger charge is -2.36. The van der Waals surface area contributed by atoms with Crippen molar-refractivity contribution in [2.45, 2.75) is 45.1 Å². The van der Waals surface area contributed by atoms with Crippen LogP contribution in [0.15, 0.2) is 11.8 Å². The van der Waals surface area contributed by atoms with E-state index in [1.54, 1.807) is 13.8 Å². The Labute approximate surface area is 85.4 Å². The van der Waals surface area contributed by atoms with Crippen LogP contribution in [0.25, 0.3) is 0 Å². The quantitative estimate of drug-likeness (QED) is 0.754. The summed E-state index contributed by atoms with van der Waals surface area (Å²) in [4.78, 5) is 12.9. The summed E-state index contributed by atoms with van der Waals surface area (Å²) in [7, 11) is 1.87. The number of likely N-dealkylation sites (N-methyl/N-ethyl adjacent to an activating group) is 1. The molecule has 0 bridgehead atoms. The molecule has 0 fully saturated rings. The summed E-state index contributed by atoms with van der Waals surface area (Å²) in [6.45, 7) is 3.48.